The van der Waals surface area contributed by atoms with Crippen molar-refractivity contribution in [3.8, 4) is 11.6 Å². The quantitative estimate of drug-likeness (QED) is 0.417. The highest BCUT2D eigenvalue weighted by Crippen LogP contribution is 2.41. The van der Waals surface area contributed by atoms with Gasteiger partial charge in [-0.15, -0.1) is 5.10 Å². The van der Waals surface area contributed by atoms with Gasteiger partial charge in [-0.05, 0) is 81.7 Å². The number of rotatable bonds is 5. The van der Waals surface area contributed by atoms with Crippen molar-refractivity contribution in [1.29, 1.82) is 0 Å². The molecule has 10 nitrogen and oxygen atoms in total. The van der Waals surface area contributed by atoms with Gasteiger partial charge in [0.1, 0.15) is 5.82 Å². The molecule has 1 aromatic carbocycles. The predicted molar refractivity (Wildman–Crippen MR) is 162 cm³/mol. The van der Waals surface area contributed by atoms with Crippen molar-refractivity contribution in [2.75, 3.05) is 29.9 Å². The lowest BCUT2D eigenvalue weighted by Crippen LogP contribution is -2.40. The molecule has 3 aromatic rings. The Hall–Kier alpha value is -3.60. The van der Waals surface area contributed by atoms with Gasteiger partial charge >= 0.3 is 0 Å². The molecule has 2 fully saturated rings. The number of aromatic nitrogens is 3. The van der Waals surface area contributed by atoms with Crippen LogP contribution in [0, 0.1) is 11.8 Å². The standard InChI is InChI=1S/C31H40N6O4S/c1-31(2)20-23-9-6-16-32-27-10-5-11-29(33-27)42(39,40)35-30(38)25-13-12-24(19-26(25)36(31)21-23)37-17-14-28(34-37)41-18-15-22-7-3-4-8-22/h5,10-14,17,19,22-23H,3-4,6-9,15-16,18,20-21H2,1-2H3,(H,32,33)(H,35,38)/t23-/m0/s1. The zero-order chi connectivity index (χ0) is 29.3. The topological polar surface area (TPSA) is 118 Å². The van der Waals surface area contributed by atoms with Gasteiger partial charge in [0.15, 0.2) is 5.03 Å². The molecular weight excluding hydrogens is 552 g/mol. The predicted octanol–water partition coefficient (Wildman–Crippen LogP) is 5.16. The number of nitrogens with zero attached hydrogens (tertiary/aromatic N) is 4. The maximum absolute atomic E-state index is 13.6. The van der Waals surface area contributed by atoms with E-state index in [0.717, 1.165) is 43.8 Å². The number of hydrogen-bond acceptors (Lipinski definition) is 8. The molecule has 0 radical (unpaired) electrons. The molecule has 1 saturated heterocycles. The van der Waals surface area contributed by atoms with Crippen molar-refractivity contribution in [2.45, 2.75) is 75.8 Å². The molecule has 6 rings (SSSR count). The van der Waals surface area contributed by atoms with Crippen molar-refractivity contribution in [3.63, 3.8) is 0 Å². The van der Waals surface area contributed by atoms with Crippen LogP contribution < -0.4 is 19.7 Å². The highest BCUT2D eigenvalue weighted by atomic mass is 32.2. The van der Waals surface area contributed by atoms with Crippen LogP contribution in [-0.4, -0.2) is 54.3 Å². The first-order chi connectivity index (χ1) is 20.2. The normalized spacial score (nSPS) is 22.0. The Bertz CT molecular complexity index is 1550. The van der Waals surface area contributed by atoms with Crippen LogP contribution in [0.3, 0.4) is 0 Å². The molecule has 1 atom stereocenters. The zero-order valence-electron chi connectivity index (χ0n) is 24.4. The molecule has 11 heteroatoms. The summed E-state index contributed by atoms with van der Waals surface area (Å²) >= 11 is 0. The van der Waals surface area contributed by atoms with Gasteiger partial charge in [0.25, 0.3) is 15.9 Å². The van der Waals surface area contributed by atoms with E-state index in [1.165, 1.54) is 31.7 Å². The van der Waals surface area contributed by atoms with E-state index in [0.29, 0.717) is 42.0 Å². The van der Waals surface area contributed by atoms with Gasteiger partial charge in [-0.25, -0.2) is 14.4 Å². The van der Waals surface area contributed by atoms with Crippen LogP contribution in [0.2, 0.25) is 0 Å². The molecule has 0 unspecified atom stereocenters. The van der Waals surface area contributed by atoms with Crippen molar-refractivity contribution in [1.82, 2.24) is 19.5 Å². The summed E-state index contributed by atoms with van der Waals surface area (Å²) in [6.07, 6.45) is 11.0. The summed E-state index contributed by atoms with van der Waals surface area (Å²) in [6, 6.07) is 12.0. The van der Waals surface area contributed by atoms with Crippen LogP contribution in [0.25, 0.3) is 5.69 Å². The van der Waals surface area contributed by atoms with Crippen LogP contribution in [0.1, 0.15) is 75.6 Å². The number of hydrogen-bond donors (Lipinski definition) is 2. The Morgan fingerprint density at radius 3 is 2.74 bits per heavy atom. The molecule has 42 heavy (non-hydrogen) atoms. The minimum absolute atomic E-state index is 0.201. The molecule has 2 aliphatic heterocycles. The van der Waals surface area contributed by atoms with Crippen LogP contribution in [0.5, 0.6) is 5.88 Å². The van der Waals surface area contributed by atoms with Crippen molar-refractivity contribution < 1.29 is 17.9 Å². The lowest BCUT2D eigenvalue weighted by molar-refractivity contribution is 0.0981. The van der Waals surface area contributed by atoms with E-state index in [1.807, 2.05) is 18.3 Å². The summed E-state index contributed by atoms with van der Waals surface area (Å²) in [4.78, 5) is 20.1. The maximum Gasteiger partial charge on any atom is 0.281 e. The van der Waals surface area contributed by atoms with Gasteiger partial charge < -0.3 is 15.0 Å². The Balaban J connectivity index is 1.32. The van der Waals surface area contributed by atoms with Crippen LogP contribution in [0.4, 0.5) is 11.5 Å². The van der Waals surface area contributed by atoms with E-state index in [1.54, 1.807) is 28.9 Å². The van der Waals surface area contributed by atoms with Crippen LogP contribution in [0.15, 0.2) is 53.7 Å². The molecule has 4 bridgehead atoms. The second-order valence-electron chi connectivity index (χ2n) is 12.4. The van der Waals surface area contributed by atoms with E-state index in [4.69, 9.17) is 4.74 Å². The van der Waals surface area contributed by atoms with Gasteiger partial charge in [0.05, 0.1) is 23.5 Å². The van der Waals surface area contributed by atoms with E-state index in [-0.39, 0.29) is 10.6 Å². The lowest BCUT2D eigenvalue weighted by Gasteiger charge is -2.35. The van der Waals surface area contributed by atoms with E-state index in [2.05, 4.69) is 38.9 Å². The molecule has 2 N–H and O–H groups in total. The average molecular weight is 593 g/mol. The molecule has 2 aromatic heterocycles. The first-order valence-corrected chi connectivity index (χ1v) is 16.5. The SMILES string of the molecule is CC1(C)C[C@@H]2CCCNc3cccc(n3)S(=O)(=O)NC(=O)c3ccc(-n4ccc(OCCC5CCCC5)n4)cc3N1C2. The Kier molecular flexibility index (Phi) is 7.87. The summed E-state index contributed by atoms with van der Waals surface area (Å²) in [7, 11) is -4.19. The molecule has 224 valence electrons. The molecule has 1 saturated carbocycles. The number of amides is 1. The summed E-state index contributed by atoms with van der Waals surface area (Å²) in [6.45, 7) is 6.46. The van der Waals surface area contributed by atoms with Crippen LogP contribution in [-0.2, 0) is 10.0 Å². The van der Waals surface area contributed by atoms with Gasteiger partial charge in [0.2, 0.25) is 5.88 Å². The average Bonchev–Trinajstić information content (AvgIpc) is 3.71. The summed E-state index contributed by atoms with van der Waals surface area (Å²) in [5.41, 5.74) is 1.51. The van der Waals surface area contributed by atoms with Gasteiger partial charge in [-0.3, -0.25) is 4.79 Å². The summed E-state index contributed by atoms with van der Waals surface area (Å²) in [5.74, 6) is 1.53. The zero-order valence-corrected chi connectivity index (χ0v) is 25.2. The summed E-state index contributed by atoms with van der Waals surface area (Å²) < 4.78 is 36.4. The number of fused-ring (bicyclic) bond motifs is 6. The van der Waals surface area contributed by atoms with E-state index < -0.39 is 15.9 Å². The fraction of sp³-hybridized carbons (Fsp3) is 0.516. The smallest absolute Gasteiger partial charge is 0.281 e. The maximum atomic E-state index is 13.6. The first-order valence-electron chi connectivity index (χ1n) is 15.1. The van der Waals surface area contributed by atoms with Gasteiger partial charge in [0, 0.05) is 30.9 Å². The second kappa shape index (κ2) is 11.6. The Morgan fingerprint density at radius 1 is 1.07 bits per heavy atom. The number of nitrogens with one attached hydrogen (secondary N) is 2. The Morgan fingerprint density at radius 2 is 1.90 bits per heavy atom. The summed E-state index contributed by atoms with van der Waals surface area (Å²) in [5, 5.41) is 7.68. The molecule has 1 aliphatic carbocycles. The first kappa shape index (κ1) is 28.5. The van der Waals surface area contributed by atoms with E-state index >= 15 is 0 Å². The Labute approximate surface area is 247 Å². The third kappa shape index (κ3) is 6.11. The van der Waals surface area contributed by atoms with Crippen molar-refractivity contribution in [3.05, 3.63) is 54.2 Å². The van der Waals surface area contributed by atoms with Crippen molar-refractivity contribution in [2.24, 2.45) is 11.8 Å². The highest BCUT2D eigenvalue weighted by molar-refractivity contribution is 7.90. The number of pyridine rings is 1. The lowest BCUT2D eigenvalue weighted by atomic mass is 9.93. The second-order valence-corrected chi connectivity index (χ2v) is 14.1. The highest BCUT2D eigenvalue weighted by Gasteiger charge is 2.40. The third-order valence-corrected chi connectivity index (χ3v) is 10.1. The number of ether oxygens (including phenoxy) is 1. The minimum Gasteiger partial charge on any atom is -0.477 e. The van der Waals surface area contributed by atoms with Gasteiger partial charge in [-0.1, -0.05) is 31.7 Å². The molecular formula is C31H40N6O4S. The molecule has 3 aliphatic rings. The monoisotopic (exact) mass is 592 g/mol. The fourth-order valence-corrected chi connectivity index (χ4v) is 7.67. The number of carbonyl (C=O) groups is 1. The minimum atomic E-state index is -4.19. The number of carbonyl (C=O) groups excluding carboxylic acids is 1. The number of sulfonamides is 1. The van der Waals surface area contributed by atoms with Gasteiger partial charge in [-0.2, -0.15) is 8.42 Å². The van der Waals surface area contributed by atoms with Crippen molar-refractivity contribution >= 4 is 27.4 Å². The molecule has 4 heterocycles. The van der Waals surface area contributed by atoms with Crippen LogP contribution >= 0.6 is 0 Å². The molecule has 0 spiro atoms. The fourth-order valence-electron chi connectivity index (χ4n) is 6.74. The van der Waals surface area contributed by atoms with E-state index in [9.17, 15) is 13.2 Å². The third-order valence-electron chi connectivity index (χ3n) is 8.88. The largest absolute Gasteiger partial charge is 0.477 e. The number of anilines is 2. The molecule has 1 amide bonds. The number of benzene rings is 1.